The van der Waals surface area contributed by atoms with Crippen LogP contribution in [-0.2, 0) is 0 Å². The highest BCUT2D eigenvalue weighted by Gasteiger charge is 2.10. The van der Waals surface area contributed by atoms with Gasteiger partial charge in [0, 0.05) is 17.6 Å². The molecule has 0 fully saturated rings. The molecule has 3 aromatic rings. The summed E-state index contributed by atoms with van der Waals surface area (Å²) in [7, 11) is 0. The van der Waals surface area contributed by atoms with Gasteiger partial charge in [-0.15, -0.1) is 0 Å². The molecule has 120 valence electrons. The fourth-order valence-electron chi connectivity index (χ4n) is 1.96. The Morgan fingerprint density at radius 2 is 1.83 bits per heavy atom. The van der Waals surface area contributed by atoms with Crippen molar-refractivity contribution in [1.82, 2.24) is 9.97 Å². The number of para-hydroxylation sites is 1. The lowest BCUT2D eigenvalue weighted by molar-refractivity contribution is 0.102. The number of carbonyl (C=O) groups is 1. The van der Waals surface area contributed by atoms with Gasteiger partial charge in [0.2, 0.25) is 5.95 Å². The monoisotopic (exact) mass is 342 g/mol. The van der Waals surface area contributed by atoms with E-state index >= 15 is 0 Å². The maximum absolute atomic E-state index is 13.2. The fourth-order valence-corrected chi connectivity index (χ4v) is 2.15. The summed E-state index contributed by atoms with van der Waals surface area (Å²) >= 11 is 5.73. The van der Waals surface area contributed by atoms with Crippen molar-refractivity contribution < 1.29 is 9.18 Å². The van der Waals surface area contributed by atoms with E-state index in [9.17, 15) is 9.18 Å². The van der Waals surface area contributed by atoms with Gasteiger partial charge in [-0.05, 0) is 36.4 Å². The molecule has 0 spiro atoms. The molecule has 5 nitrogen and oxygen atoms in total. The van der Waals surface area contributed by atoms with E-state index in [4.69, 9.17) is 11.6 Å². The Morgan fingerprint density at radius 1 is 1.04 bits per heavy atom. The number of amides is 1. The number of hydrogen-bond donors (Lipinski definition) is 2. The summed E-state index contributed by atoms with van der Waals surface area (Å²) < 4.78 is 13.2. The van der Waals surface area contributed by atoms with Gasteiger partial charge in [-0.3, -0.25) is 4.79 Å². The number of rotatable bonds is 4. The summed E-state index contributed by atoms with van der Waals surface area (Å²) in [6.07, 6.45) is 1.46. The Morgan fingerprint density at radius 3 is 2.58 bits per heavy atom. The molecule has 0 saturated carbocycles. The van der Waals surface area contributed by atoms with Crippen molar-refractivity contribution in [2.75, 3.05) is 10.6 Å². The van der Waals surface area contributed by atoms with Gasteiger partial charge in [-0.25, -0.2) is 14.4 Å². The first-order chi connectivity index (χ1) is 11.6. The topological polar surface area (TPSA) is 66.9 Å². The van der Waals surface area contributed by atoms with E-state index in [1.165, 1.54) is 30.5 Å². The molecule has 1 heterocycles. The third-order valence-corrected chi connectivity index (χ3v) is 3.39. The zero-order valence-corrected chi connectivity index (χ0v) is 13.1. The SMILES string of the molecule is O=C(Nc1ccccc1)c1ccnc(Nc2ccc(F)c(Cl)c2)n1. The molecule has 1 aromatic heterocycles. The zero-order chi connectivity index (χ0) is 16.9. The zero-order valence-electron chi connectivity index (χ0n) is 12.3. The average Bonchev–Trinajstić information content (AvgIpc) is 2.59. The van der Waals surface area contributed by atoms with Crippen LogP contribution >= 0.6 is 11.6 Å². The predicted octanol–water partition coefficient (Wildman–Crippen LogP) is 4.27. The van der Waals surface area contributed by atoms with Crippen molar-refractivity contribution >= 4 is 34.8 Å². The Balaban J connectivity index is 1.76. The summed E-state index contributed by atoms with van der Waals surface area (Å²) in [5.74, 6) is -0.665. The van der Waals surface area contributed by atoms with Crippen LogP contribution in [-0.4, -0.2) is 15.9 Å². The first-order valence-electron chi connectivity index (χ1n) is 7.03. The van der Waals surface area contributed by atoms with Gasteiger partial charge in [0.1, 0.15) is 11.5 Å². The summed E-state index contributed by atoms with van der Waals surface area (Å²) in [4.78, 5) is 20.4. The average molecular weight is 343 g/mol. The van der Waals surface area contributed by atoms with Crippen molar-refractivity contribution in [3.63, 3.8) is 0 Å². The maximum atomic E-state index is 13.2. The molecule has 2 aromatic carbocycles. The van der Waals surface area contributed by atoms with E-state index < -0.39 is 5.82 Å². The Labute approximate surface area is 142 Å². The van der Waals surface area contributed by atoms with Gasteiger partial charge in [0.05, 0.1) is 5.02 Å². The van der Waals surface area contributed by atoms with Gasteiger partial charge >= 0.3 is 0 Å². The number of anilines is 3. The van der Waals surface area contributed by atoms with Crippen LogP contribution in [0.4, 0.5) is 21.7 Å². The van der Waals surface area contributed by atoms with E-state index in [1.807, 2.05) is 18.2 Å². The minimum absolute atomic E-state index is 0.0158. The standard InChI is InChI=1S/C17H12ClFN4O/c18-13-10-12(6-7-14(13)19)22-17-20-9-8-15(23-17)16(24)21-11-4-2-1-3-5-11/h1-10H,(H,21,24)(H,20,22,23). The van der Waals surface area contributed by atoms with E-state index in [-0.39, 0.29) is 22.6 Å². The van der Waals surface area contributed by atoms with Crippen molar-refractivity contribution in [3.05, 3.63) is 77.3 Å². The summed E-state index contributed by atoms with van der Waals surface area (Å²) in [6, 6.07) is 14.7. The second-order valence-electron chi connectivity index (χ2n) is 4.84. The third kappa shape index (κ3) is 3.85. The fraction of sp³-hybridized carbons (Fsp3) is 0. The molecule has 3 rings (SSSR count). The first-order valence-corrected chi connectivity index (χ1v) is 7.41. The van der Waals surface area contributed by atoms with Gasteiger partial charge in [0.15, 0.2) is 0 Å². The Hall–Kier alpha value is -2.99. The molecule has 0 unspecified atom stereocenters. The molecule has 0 atom stereocenters. The van der Waals surface area contributed by atoms with E-state index in [1.54, 1.807) is 12.1 Å². The van der Waals surface area contributed by atoms with Crippen LogP contribution in [0.25, 0.3) is 0 Å². The lowest BCUT2D eigenvalue weighted by Gasteiger charge is -2.08. The number of nitrogens with zero attached hydrogens (tertiary/aromatic N) is 2. The first kappa shape index (κ1) is 15.9. The second-order valence-corrected chi connectivity index (χ2v) is 5.25. The maximum Gasteiger partial charge on any atom is 0.274 e. The number of hydrogen-bond acceptors (Lipinski definition) is 4. The van der Waals surface area contributed by atoms with Gasteiger partial charge in [0.25, 0.3) is 5.91 Å². The minimum Gasteiger partial charge on any atom is -0.324 e. The molecule has 0 aliphatic rings. The van der Waals surface area contributed by atoms with E-state index in [0.29, 0.717) is 11.4 Å². The number of nitrogens with one attached hydrogen (secondary N) is 2. The smallest absolute Gasteiger partial charge is 0.274 e. The second kappa shape index (κ2) is 7.06. The highest BCUT2D eigenvalue weighted by Crippen LogP contribution is 2.21. The largest absolute Gasteiger partial charge is 0.324 e. The molecule has 1 amide bonds. The van der Waals surface area contributed by atoms with E-state index in [2.05, 4.69) is 20.6 Å². The van der Waals surface area contributed by atoms with Crippen molar-refractivity contribution in [3.8, 4) is 0 Å². The van der Waals surface area contributed by atoms with Crippen LogP contribution in [0.5, 0.6) is 0 Å². The predicted molar refractivity (Wildman–Crippen MR) is 91.1 cm³/mol. The Kier molecular flexibility index (Phi) is 4.67. The summed E-state index contributed by atoms with van der Waals surface area (Å²) in [5, 5.41) is 5.60. The minimum atomic E-state index is -0.515. The van der Waals surface area contributed by atoms with Crippen LogP contribution in [0, 0.1) is 5.82 Å². The number of carbonyl (C=O) groups excluding carboxylic acids is 1. The van der Waals surface area contributed by atoms with Crippen LogP contribution < -0.4 is 10.6 Å². The molecule has 0 bridgehead atoms. The van der Waals surface area contributed by atoms with Gasteiger partial charge < -0.3 is 10.6 Å². The number of aromatic nitrogens is 2. The summed E-state index contributed by atoms with van der Waals surface area (Å²) in [5.41, 5.74) is 1.38. The normalized spacial score (nSPS) is 10.2. The Bertz CT molecular complexity index is 873. The van der Waals surface area contributed by atoms with Crippen molar-refractivity contribution in [2.45, 2.75) is 0 Å². The number of benzene rings is 2. The quantitative estimate of drug-likeness (QED) is 0.743. The van der Waals surface area contributed by atoms with Crippen molar-refractivity contribution in [2.24, 2.45) is 0 Å². The van der Waals surface area contributed by atoms with Crippen LogP contribution in [0.1, 0.15) is 10.5 Å². The lowest BCUT2D eigenvalue weighted by Crippen LogP contribution is -2.14. The molecule has 7 heteroatoms. The highest BCUT2D eigenvalue weighted by molar-refractivity contribution is 6.31. The molecular formula is C17H12ClFN4O. The van der Waals surface area contributed by atoms with Gasteiger partial charge in [-0.2, -0.15) is 0 Å². The highest BCUT2D eigenvalue weighted by atomic mass is 35.5. The van der Waals surface area contributed by atoms with Crippen LogP contribution in [0.2, 0.25) is 5.02 Å². The van der Waals surface area contributed by atoms with E-state index in [0.717, 1.165) is 0 Å². The molecule has 24 heavy (non-hydrogen) atoms. The summed E-state index contributed by atoms with van der Waals surface area (Å²) in [6.45, 7) is 0. The van der Waals surface area contributed by atoms with Crippen LogP contribution in [0.15, 0.2) is 60.8 Å². The van der Waals surface area contributed by atoms with Crippen LogP contribution in [0.3, 0.4) is 0 Å². The third-order valence-electron chi connectivity index (χ3n) is 3.10. The molecular weight excluding hydrogens is 331 g/mol. The van der Waals surface area contributed by atoms with Gasteiger partial charge in [-0.1, -0.05) is 29.8 Å². The molecule has 0 saturated heterocycles. The lowest BCUT2D eigenvalue weighted by atomic mass is 10.3. The molecule has 0 aliphatic carbocycles. The number of halogens is 2. The van der Waals surface area contributed by atoms with Crippen molar-refractivity contribution in [1.29, 1.82) is 0 Å². The molecule has 0 radical (unpaired) electrons. The molecule has 2 N–H and O–H groups in total. The molecule has 0 aliphatic heterocycles.